The summed E-state index contributed by atoms with van der Waals surface area (Å²) in [6.07, 6.45) is 0. The van der Waals surface area contributed by atoms with Crippen LogP contribution in [0.25, 0.3) is 110 Å². The van der Waals surface area contributed by atoms with Crippen molar-refractivity contribution in [3.05, 3.63) is 182 Å². The number of hydrogen-bond acceptors (Lipinski definition) is 2. The predicted molar refractivity (Wildman–Crippen MR) is 226 cm³/mol. The van der Waals surface area contributed by atoms with Gasteiger partial charge in [-0.2, -0.15) is 0 Å². The molecule has 12 rings (SSSR count). The van der Waals surface area contributed by atoms with E-state index in [0.717, 1.165) is 44.3 Å². The molecule has 54 heavy (non-hydrogen) atoms. The Morgan fingerprint density at radius 3 is 1.63 bits per heavy atom. The zero-order valence-corrected chi connectivity index (χ0v) is 29.1. The van der Waals surface area contributed by atoms with Crippen molar-refractivity contribution in [3.8, 4) is 22.9 Å². The highest BCUT2D eigenvalue weighted by Gasteiger charge is 2.21. The average Bonchev–Trinajstić information content (AvgIpc) is 3.76. The van der Waals surface area contributed by atoms with Gasteiger partial charge in [0.05, 0.1) is 33.3 Å². The number of nitrogens with zero attached hydrogens (tertiary/aromatic N) is 4. The third kappa shape index (κ3) is 4.08. The molecule has 0 atom stereocenters. The Kier molecular flexibility index (Phi) is 6.02. The molecule has 4 heteroatoms. The monoisotopic (exact) mass is 686 g/mol. The molecule has 0 bridgehead atoms. The molecule has 0 aliphatic heterocycles. The van der Waals surface area contributed by atoms with E-state index in [4.69, 9.17) is 9.97 Å². The van der Waals surface area contributed by atoms with Crippen molar-refractivity contribution < 1.29 is 0 Å². The number of hydrogen-bond donors (Lipinski definition) is 0. The van der Waals surface area contributed by atoms with Crippen LogP contribution in [0.2, 0.25) is 0 Å². The molecule has 3 heterocycles. The van der Waals surface area contributed by atoms with E-state index in [-0.39, 0.29) is 0 Å². The lowest BCUT2D eigenvalue weighted by atomic mass is 9.99. The van der Waals surface area contributed by atoms with Gasteiger partial charge in [-0.3, -0.25) is 4.57 Å². The second-order valence-electron chi connectivity index (χ2n) is 14.2. The van der Waals surface area contributed by atoms with Crippen LogP contribution in [0.3, 0.4) is 0 Å². The molecule has 0 radical (unpaired) electrons. The van der Waals surface area contributed by atoms with Crippen molar-refractivity contribution in [1.29, 1.82) is 0 Å². The SMILES string of the molecule is c1ccc2c(-c3nc(-n4c5ccc(-n6c7ccccc7c7c8ccccc8ccc76)cc5c5c6ccccc6ccc54)nc4ccccc34)cccc2c1. The van der Waals surface area contributed by atoms with Crippen molar-refractivity contribution in [2.24, 2.45) is 0 Å². The number of fused-ring (bicyclic) bond motifs is 12. The lowest BCUT2D eigenvalue weighted by Crippen LogP contribution is -2.03. The second-order valence-corrected chi connectivity index (χ2v) is 14.2. The van der Waals surface area contributed by atoms with Crippen LogP contribution in [0, 0.1) is 0 Å². The standard InChI is InChI=1S/C50H30N4/c1-4-16-35-31(12-1)15-11-21-38(35)49-39-19-7-9-22-42(39)51-50(52-49)54-44-29-26-34(30-41(44)48-37-18-6-3-14-33(37)25-28-46(48)54)53-43-23-10-8-20-40(43)47-36-17-5-2-13-32(36)24-27-45(47)53/h1-30H. The van der Waals surface area contributed by atoms with Gasteiger partial charge in [0.25, 0.3) is 0 Å². The molecule has 0 saturated carbocycles. The van der Waals surface area contributed by atoms with Crippen LogP contribution in [0.4, 0.5) is 0 Å². The molecule has 0 fully saturated rings. The van der Waals surface area contributed by atoms with Crippen LogP contribution in [0.5, 0.6) is 0 Å². The van der Waals surface area contributed by atoms with Gasteiger partial charge in [-0.25, -0.2) is 9.97 Å². The van der Waals surface area contributed by atoms with Crippen LogP contribution < -0.4 is 0 Å². The van der Waals surface area contributed by atoms with E-state index in [0.29, 0.717) is 5.95 Å². The Balaban J connectivity index is 1.19. The first-order valence-corrected chi connectivity index (χ1v) is 18.4. The van der Waals surface area contributed by atoms with Gasteiger partial charge < -0.3 is 4.57 Å². The summed E-state index contributed by atoms with van der Waals surface area (Å²) in [5.41, 5.74) is 8.58. The van der Waals surface area contributed by atoms with Gasteiger partial charge in [-0.1, -0.05) is 140 Å². The van der Waals surface area contributed by atoms with E-state index in [1.165, 1.54) is 59.5 Å². The molecule has 9 aromatic carbocycles. The summed E-state index contributed by atoms with van der Waals surface area (Å²) in [5, 5.41) is 13.2. The summed E-state index contributed by atoms with van der Waals surface area (Å²) in [5.74, 6) is 0.656. The van der Waals surface area contributed by atoms with E-state index >= 15 is 0 Å². The maximum atomic E-state index is 5.47. The van der Waals surface area contributed by atoms with Gasteiger partial charge in [-0.05, 0) is 74.8 Å². The van der Waals surface area contributed by atoms with E-state index in [2.05, 4.69) is 191 Å². The van der Waals surface area contributed by atoms with Crippen LogP contribution in [-0.4, -0.2) is 19.1 Å². The Morgan fingerprint density at radius 1 is 0.333 bits per heavy atom. The first kappa shape index (κ1) is 29.3. The summed E-state index contributed by atoms with van der Waals surface area (Å²) < 4.78 is 4.69. The second kappa shape index (κ2) is 11.1. The van der Waals surface area contributed by atoms with Crippen molar-refractivity contribution in [3.63, 3.8) is 0 Å². The summed E-state index contributed by atoms with van der Waals surface area (Å²) in [6.45, 7) is 0. The van der Waals surface area contributed by atoms with Crippen LogP contribution in [-0.2, 0) is 0 Å². The number of benzene rings is 9. The number of rotatable bonds is 3. The van der Waals surface area contributed by atoms with Gasteiger partial charge in [0.2, 0.25) is 5.95 Å². The fourth-order valence-corrected chi connectivity index (χ4v) is 8.95. The molecule has 0 unspecified atom stereocenters. The van der Waals surface area contributed by atoms with Gasteiger partial charge in [0.15, 0.2) is 0 Å². The van der Waals surface area contributed by atoms with Crippen LogP contribution in [0.1, 0.15) is 0 Å². The summed E-state index contributed by atoms with van der Waals surface area (Å²) >= 11 is 0. The first-order chi connectivity index (χ1) is 26.8. The molecular formula is C50H30N4. The molecule has 0 amide bonds. The molecule has 0 aliphatic carbocycles. The minimum Gasteiger partial charge on any atom is -0.309 e. The quantitative estimate of drug-likeness (QED) is 0.185. The van der Waals surface area contributed by atoms with Crippen molar-refractivity contribution in [2.45, 2.75) is 0 Å². The predicted octanol–water partition coefficient (Wildman–Crippen LogP) is 13.0. The molecular weight excluding hydrogens is 657 g/mol. The summed E-state index contributed by atoms with van der Waals surface area (Å²) in [6, 6.07) is 65.4. The van der Waals surface area contributed by atoms with Crippen molar-refractivity contribution in [1.82, 2.24) is 19.1 Å². The number of aromatic nitrogens is 4. The van der Waals surface area contributed by atoms with E-state index in [1.807, 2.05) is 0 Å². The smallest absolute Gasteiger partial charge is 0.235 e. The minimum atomic E-state index is 0.656. The third-order valence-corrected chi connectivity index (χ3v) is 11.3. The Bertz CT molecular complexity index is 3510. The molecule has 0 spiro atoms. The summed E-state index contributed by atoms with van der Waals surface area (Å²) in [7, 11) is 0. The van der Waals surface area contributed by atoms with Crippen molar-refractivity contribution >= 4 is 86.8 Å². The lowest BCUT2D eigenvalue weighted by molar-refractivity contribution is 1.01. The van der Waals surface area contributed by atoms with Crippen LogP contribution >= 0.6 is 0 Å². The third-order valence-electron chi connectivity index (χ3n) is 11.3. The van der Waals surface area contributed by atoms with Gasteiger partial charge >= 0.3 is 0 Å². The summed E-state index contributed by atoms with van der Waals surface area (Å²) in [4.78, 5) is 10.8. The topological polar surface area (TPSA) is 35.6 Å². The average molecular weight is 687 g/mol. The van der Waals surface area contributed by atoms with Gasteiger partial charge in [0.1, 0.15) is 0 Å². The van der Waals surface area contributed by atoms with E-state index < -0.39 is 0 Å². The van der Waals surface area contributed by atoms with Gasteiger partial charge in [0, 0.05) is 38.2 Å². The molecule has 4 nitrogen and oxygen atoms in total. The molecule has 12 aromatic rings. The largest absolute Gasteiger partial charge is 0.309 e. The Hall–Kier alpha value is -7.30. The number of para-hydroxylation sites is 2. The molecule has 250 valence electrons. The van der Waals surface area contributed by atoms with Gasteiger partial charge in [-0.15, -0.1) is 0 Å². The fraction of sp³-hybridized carbons (Fsp3) is 0. The lowest BCUT2D eigenvalue weighted by Gasteiger charge is -2.13. The van der Waals surface area contributed by atoms with E-state index in [1.54, 1.807) is 0 Å². The zero-order chi connectivity index (χ0) is 35.3. The first-order valence-electron chi connectivity index (χ1n) is 18.4. The van der Waals surface area contributed by atoms with Crippen molar-refractivity contribution in [2.75, 3.05) is 0 Å². The van der Waals surface area contributed by atoms with E-state index in [9.17, 15) is 0 Å². The Morgan fingerprint density at radius 2 is 0.870 bits per heavy atom. The molecule has 0 saturated heterocycles. The highest BCUT2D eigenvalue weighted by atomic mass is 15.2. The normalized spacial score (nSPS) is 12.1. The fourth-order valence-electron chi connectivity index (χ4n) is 8.95. The minimum absolute atomic E-state index is 0.656. The maximum Gasteiger partial charge on any atom is 0.235 e. The molecule has 0 N–H and O–H groups in total. The molecule has 0 aliphatic rings. The maximum absolute atomic E-state index is 5.47. The zero-order valence-electron chi connectivity index (χ0n) is 29.1. The Labute approximate surface area is 309 Å². The highest BCUT2D eigenvalue weighted by molar-refractivity contribution is 6.23. The molecule has 3 aromatic heterocycles. The van der Waals surface area contributed by atoms with Crippen LogP contribution in [0.15, 0.2) is 182 Å². The highest BCUT2D eigenvalue weighted by Crippen LogP contribution is 2.41.